The maximum atomic E-state index is 12.0. The predicted octanol–water partition coefficient (Wildman–Crippen LogP) is 2.60. The molecule has 22 heavy (non-hydrogen) atoms. The Kier molecular flexibility index (Phi) is 6.39. The predicted molar refractivity (Wildman–Crippen MR) is 86.8 cm³/mol. The fourth-order valence-electron chi connectivity index (χ4n) is 2.00. The summed E-state index contributed by atoms with van der Waals surface area (Å²) in [5.74, 6) is 0.664. The molecule has 0 unspecified atom stereocenters. The molecule has 0 bridgehead atoms. The van der Waals surface area contributed by atoms with Gasteiger partial charge in [0.25, 0.3) is 0 Å². The van der Waals surface area contributed by atoms with Crippen LogP contribution in [0.4, 0.5) is 5.69 Å². The second-order valence-electron chi connectivity index (χ2n) is 4.76. The van der Waals surface area contributed by atoms with E-state index >= 15 is 0 Å². The van der Waals surface area contributed by atoms with E-state index in [4.69, 9.17) is 4.74 Å². The largest absolute Gasteiger partial charge is 0.492 e. The van der Waals surface area contributed by atoms with Crippen LogP contribution < -0.4 is 15.4 Å². The van der Waals surface area contributed by atoms with Crippen LogP contribution in [-0.2, 0) is 11.3 Å². The normalized spacial score (nSPS) is 10.2. The fourth-order valence-corrected chi connectivity index (χ4v) is 2.00. The van der Waals surface area contributed by atoms with Gasteiger partial charge >= 0.3 is 0 Å². The lowest BCUT2D eigenvalue weighted by atomic mass is 10.2. The number of carbonyl (C=O) groups excluding carboxylic acids is 1. The fraction of sp³-hybridized carbons (Fsp3) is 0.294. The zero-order chi connectivity index (χ0) is 15.6. The molecule has 5 nitrogen and oxygen atoms in total. The number of ether oxygens (including phenoxy) is 1. The molecule has 1 amide bonds. The van der Waals surface area contributed by atoms with Gasteiger partial charge in [-0.05, 0) is 36.8 Å². The van der Waals surface area contributed by atoms with Crippen molar-refractivity contribution >= 4 is 11.6 Å². The minimum atomic E-state index is -0.0330. The highest BCUT2D eigenvalue weighted by Crippen LogP contribution is 2.23. The second kappa shape index (κ2) is 8.79. The molecule has 1 aromatic heterocycles. The van der Waals surface area contributed by atoms with E-state index in [2.05, 4.69) is 15.6 Å². The van der Waals surface area contributed by atoms with Crippen LogP contribution in [0.3, 0.4) is 0 Å². The van der Waals surface area contributed by atoms with Crippen LogP contribution in [0.25, 0.3) is 0 Å². The molecule has 2 aromatic rings. The van der Waals surface area contributed by atoms with Crippen LogP contribution in [0.2, 0.25) is 0 Å². The summed E-state index contributed by atoms with van der Waals surface area (Å²) in [6.45, 7) is 3.83. The number of hydrogen-bond donors (Lipinski definition) is 2. The van der Waals surface area contributed by atoms with Crippen LogP contribution in [0.1, 0.15) is 18.9 Å². The molecule has 0 saturated carbocycles. The molecule has 0 radical (unpaired) electrons. The summed E-state index contributed by atoms with van der Waals surface area (Å²) in [6, 6.07) is 11.3. The third-order valence-electron chi connectivity index (χ3n) is 3.07. The van der Waals surface area contributed by atoms with Crippen molar-refractivity contribution in [2.24, 2.45) is 0 Å². The van der Waals surface area contributed by atoms with Gasteiger partial charge in [-0.1, -0.05) is 12.1 Å². The summed E-state index contributed by atoms with van der Waals surface area (Å²) in [4.78, 5) is 15.9. The molecule has 0 atom stereocenters. The van der Waals surface area contributed by atoms with Crippen molar-refractivity contribution in [3.63, 3.8) is 0 Å². The van der Waals surface area contributed by atoms with Gasteiger partial charge in [0, 0.05) is 31.9 Å². The van der Waals surface area contributed by atoms with E-state index in [0.29, 0.717) is 31.0 Å². The summed E-state index contributed by atoms with van der Waals surface area (Å²) in [5.41, 5.74) is 1.86. The first-order valence-corrected chi connectivity index (χ1v) is 7.41. The van der Waals surface area contributed by atoms with Gasteiger partial charge in [-0.3, -0.25) is 9.78 Å². The van der Waals surface area contributed by atoms with Crippen molar-refractivity contribution < 1.29 is 9.53 Å². The molecule has 1 heterocycles. The average Bonchev–Trinajstić information content (AvgIpc) is 2.55. The zero-order valence-electron chi connectivity index (χ0n) is 12.7. The molecule has 116 valence electrons. The Bertz CT molecular complexity index is 587. The van der Waals surface area contributed by atoms with E-state index in [-0.39, 0.29) is 5.91 Å². The molecule has 0 aliphatic heterocycles. The standard InChI is InChI=1S/C17H21N3O2/c1-2-22-16-6-4-3-5-15(16)20-17(21)9-12-19-13-14-7-10-18-11-8-14/h3-8,10-11,19H,2,9,12-13H2,1H3,(H,20,21). The molecule has 0 spiro atoms. The maximum Gasteiger partial charge on any atom is 0.225 e. The van der Waals surface area contributed by atoms with Crippen LogP contribution >= 0.6 is 0 Å². The molecule has 0 aliphatic carbocycles. The number of amides is 1. The highest BCUT2D eigenvalue weighted by atomic mass is 16.5. The molecular formula is C17H21N3O2. The highest BCUT2D eigenvalue weighted by Gasteiger charge is 2.06. The Morgan fingerprint density at radius 1 is 1.18 bits per heavy atom. The van der Waals surface area contributed by atoms with Gasteiger partial charge in [-0.25, -0.2) is 0 Å². The van der Waals surface area contributed by atoms with Gasteiger partial charge in [0.2, 0.25) is 5.91 Å². The first-order valence-electron chi connectivity index (χ1n) is 7.41. The van der Waals surface area contributed by atoms with E-state index in [9.17, 15) is 4.79 Å². The summed E-state index contributed by atoms with van der Waals surface area (Å²) in [5, 5.41) is 6.12. The summed E-state index contributed by atoms with van der Waals surface area (Å²) < 4.78 is 5.49. The van der Waals surface area contributed by atoms with Gasteiger partial charge in [-0.2, -0.15) is 0 Å². The second-order valence-corrected chi connectivity index (χ2v) is 4.76. The van der Waals surface area contributed by atoms with Crippen molar-refractivity contribution in [3.05, 3.63) is 54.4 Å². The number of benzene rings is 1. The first kappa shape index (κ1) is 16.0. The topological polar surface area (TPSA) is 63.2 Å². The van der Waals surface area contributed by atoms with Gasteiger partial charge < -0.3 is 15.4 Å². The Labute approximate surface area is 130 Å². The SMILES string of the molecule is CCOc1ccccc1NC(=O)CCNCc1ccncc1. The van der Waals surface area contributed by atoms with Crippen LogP contribution in [-0.4, -0.2) is 24.0 Å². The molecule has 2 N–H and O–H groups in total. The van der Waals surface area contributed by atoms with E-state index in [1.165, 1.54) is 0 Å². The molecule has 5 heteroatoms. The van der Waals surface area contributed by atoms with Crippen molar-refractivity contribution in [2.45, 2.75) is 19.9 Å². The van der Waals surface area contributed by atoms with Gasteiger partial charge in [0.15, 0.2) is 0 Å². The number of pyridine rings is 1. The van der Waals surface area contributed by atoms with E-state index in [1.807, 2.05) is 43.3 Å². The maximum absolute atomic E-state index is 12.0. The molecule has 0 aliphatic rings. The number of nitrogens with one attached hydrogen (secondary N) is 2. The minimum Gasteiger partial charge on any atom is -0.492 e. The lowest BCUT2D eigenvalue weighted by Crippen LogP contribution is -2.21. The molecule has 0 saturated heterocycles. The number of nitrogens with zero attached hydrogens (tertiary/aromatic N) is 1. The summed E-state index contributed by atoms with van der Waals surface area (Å²) in [7, 11) is 0. The lowest BCUT2D eigenvalue weighted by molar-refractivity contribution is -0.116. The van der Waals surface area contributed by atoms with Gasteiger partial charge in [0.1, 0.15) is 5.75 Å². The Balaban J connectivity index is 1.74. The average molecular weight is 299 g/mol. The first-order chi connectivity index (χ1) is 10.8. The molecule has 0 fully saturated rings. The number of hydrogen-bond acceptors (Lipinski definition) is 4. The van der Waals surface area contributed by atoms with Crippen molar-refractivity contribution in [1.29, 1.82) is 0 Å². The van der Waals surface area contributed by atoms with Crippen LogP contribution in [0.5, 0.6) is 5.75 Å². The third kappa shape index (κ3) is 5.18. The number of carbonyl (C=O) groups is 1. The van der Waals surface area contributed by atoms with Crippen molar-refractivity contribution in [3.8, 4) is 5.75 Å². The smallest absolute Gasteiger partial charge is 0.225 e. The number of anilines is 1. The lowest BCUT2D eigenvalue weighted by Gasteiger charge is -2.11. The van der Waals surface area contributed by atoms with E-state index < -0.39 is 0 Å². The zero-order valence-corrected chi connectivity index (χ0v) is 12.7. The van der Waals surface area contributed by atoms with E-state index in [0.717, 1.165) is 12.1 Å². The Hall–Kier alpha value is -2.40. The Morgan fingerprint density at radius 2 is 1.95 bits per heavy atom. The summed E-state index contributed by atoms with van der Waals surface area (Å²) >= 11 is 0. The van der Waals surface area contributed by atoms with Crippen molar-refractivity contribution in [1.82, 2.24) is 10.3 Å². The number of rotatable bonds is 8. The summed E-state index contributed by atoms with van der Waals surface area (Å²) in [6.07, 6.45) is 3.92. The molecule has 1 aromatic carbocycles. The minimum absolute atomic E-state index is 0.0330. The van der Waals surface area contributed by atoms with Crippen LogP contribution in [0, 0.1) is 0 Å². The monoisotopic (exact) mass is 299 g/mol. The van der Waals surface area contributed by atoms with E-state index in [1.54, 1.807) is 12.4 Å². The molecule has 2 rings (SSSR count). The third-order valence-corrected chi connectivity index (χ3v) is 3.07. The van der Waals surface area contributed by atoms with Gasteiger partial charge in [-0.15, -0.1) is 0 Å². The van der Waals surface area contributed by atoms with Gasteiger partial charge in [0.05, 0.1) is 12.3 Å². The van der Waals surface area contributed by atoms with Crippen LogP contribution in [0.15, 0.2) is 48.8 Å². The molecular weight excluding hydrogens is 278 g/mol. The number of para-hydroxylation sites is 2. The Morgan fingerprint density at radius 3 is 2.73 bits per heavy atom. The highest BCUT2D eigenvalue weighted by molar-refractivity contribution is 5.92. The van der Waals surface area contributed by atoms with Crippen molar-refractivity contribution in [2.75, 3.05) is 18.5 Å². The quantitative estimate of drug-likeness (QED) is 0.735. The number of aromatic nitrogens is 1.